The average Bonchev–Trinajstić information content (AvgIpc) is 3.03. The number of primary amides is 1. The van der Waals surface area contributed by atoms with E-state index in [2.05, 4.69) is 10.4 Å². The molecule has 2 fully saturated rings. The minimum Gasteiger partial charge on any atom is -0.368 e. The molecule has 2 atom stereocenters. The van der Waals surface area contributed by atoms with Gasteiger partial charge in [0.2, 0.25) is 11.8 Å². The maximum Gasteiger partial charge on any atom is 0.270 e. The first-order valence-electron chi connectivity index (χ1n) is 8.25. The molecule has 2 saturated carbocycles. The average molecular weight is 340 g/mol. The maximum absolute atomic E-state index is 14.1. The van der Waals surface area contributed by atoms with Gasteiger partial charge in [-0.15, -0.1) is 0 Å². The Bertz CT molecular complexity index is 648. The fraction of sp³-hybridized carbons (Fsp3) is 0.688. The summed E-state index contributed by atoms with van der Waals surface area (Å²) in [6.07, 6.45) is 2.94. The summed E-state index contributed by atoms with van der Waals surface area (Å²) in [6.45, 7) is 2.31. The zero-order chi connectivity index (χ0) is 17.5. The summed E-state index contributed by atoms with van der Waals surface area (Å²) in [6, 6.07) is 0.427. The maximum atomic E-state index is 14.1. The molecule has 0 aromatic carbocycles. The summed E-state index contributed by atoms with van der Waals surface area (Å²) in [5.74, 6) is -4.75. The summed E-state index contributed by atoms with van der Waals surface area (Å²) in [5.41, 5.74) is 5.32. The lowest BCUT2D eigenvalue weighted by molar-refractivity contribution is -0.125. The number of carbonyl (C=O) groups is 2. The van der Waals surface area contributed by atoms with Gasteiger partial charge < -0.3 is 11.1 Å². The van der Waals surface area contributed by atoms with Crippen LogP contribution in [-0.2, 0) is 11.3 Å². The van der Waals surface area contributed by atoms with Gasteiger partial charge in [-0.1, -0.05) is 0 Å². The predicted octanol–water partition coefficient (Wildman–Crippen LogP) is 1.70. The van der Waals surface area contributed by atoms with Crippen molar-refractivity contribution in [2.75, 3.05) is 0 Å². The van der Waals surface area contributed by atoms with Crippen LogP contribution in [0.5, 0.6) is 0 Å². The number of aryl methyl sites for hydroxylation is 1. The zero-order valence-electron chi connectivity index (χ0n) is 13.6. The van der Waals surface area contributed by atoms with Crippen molar-refractivity contribution >= 4 is 11.8 Å². The van der Waals surface area contributed by atoms with Crippen LogP contribution < -0.4 is 11.1 Å². The summed E-state index contributed by atoms with van der Waals surface area (Å²) < 4.78 is 29.6. The summed E-state index contributed by atoms with van der Waals surface area (Å²) in [4.78, 5) is 24.3. The molecular formula is C16H22F2N4O2. The Hall–Kier alpha value is -1.99. The molecule has 2 amide bonds. The number of nitrogens with two attached hydrogens (primary N) is 1. The molecule has 8 heteroatoms. The molecule has 3 rings (SSSR count). The van der Waals surface area contributed by atoms with Crippen LogP contribution in [-0.4, -0.2) is 33.6 Å². The van der Waals surface area contributed by atoms with E-state index < -0.39 is 36.1 Å². The topological polar surface area (TPSA) is 90.0 Å². The molecule has 3 N–H and O–H groups in total. The van der Waals surface area contributed by atoms with Gasteiger partial charge in [0.15, 0.2) is 0 Å². The van der Waals surface area contributed by atoms with Gasteiger partial charge in [0.25, 0.3) is 5.91 Å². The summed E-state index contributed by atoms with van der Waals surface area (Å²) >= 11 is 0. The fourth-order valence-electron chi connectivity index (χ4n) is 3.91. The van der Waals surface area contributed by atoms with Crippen LogP contribution in [0.3, 0.4) is 0 Å². The van der Waals surface area contributed by atoms with Crippen molar-refractivity contribution in [1.29, 1.82) is 0 Å². The highest BCUT2D eigenvalue weighted by Gasteiger charge is 2.57. The molecule has 0 aliphatic heterocycles. The number of aromatic nitrogens is 2. The molecule has 1 heterocycles. The van der Waals surface area contributed by atoms with Crippen LogP contribution in [0.15, 0.2) is 12.3 Å². The number of alkyl halides is 2. The van der Waals surface area contributed by atoms with Crippen LogP contribution in [0.1, 0.15) is 49.5 Å². The standard InChI is InChI=1S/C16H22F2N4O2/c1-2-22-11(3-6-20-22)14(24)21-12(13(19)23)10-7-15(4-5-15)9-16(17,18)8-10/h3,6,10,12H,2,4-5,7-9H2,1H3,(H2,19,23)(H,21,24)/t10-,12+/m1/s1. The molecule has 1 aromatic rings. The normalized spacial score (nSPS) is 25.2. The number of nitrogens with one attached hydrogen (secondary N) is 1. The van der Waals surface area contributed by atoms with Crippen molar-refractivity contribution in [2.24, 2.45) is 17.1 Å². The minimum atomic E-state index is -2.82. The SMILES string of the molecule is CCn1nccc1C(=O)N[C@H](C(N)=O)[C@H]1CC(F)(F)CC2(CC2)C1. The Labute approximate surface area is 138 Å². The van der Waals surface area contributed by atoms with E-state index in [-0.39, 0.29) is 17.5 Å². The van der Waals surface area contributed by atoms with Gasteiger partial charge in [-0.2, -0.15) is 5.10 Å². The van der Waals surface area contributed by atoms with E-state index >= 15 is 0 Å². The molecule has 2 aliphatic rings. The number of hydrogen-bond donors (Lipinski definition) is 2. The van der Waals surface area contributed by atoms with E-state index in [1.165, 1.54) is 16.9 Å². The number of hydrogen-bond acceptors (Lipinski definition) is 3. The molecule has 6 nitrogen and oxygen atoms in total. The van der Waals surface area contributed by atoms with Gasteiger partial charge in [0, 0.05) is 25.6 Å². The van der Waals surface area contributed by atoms with E-state index in [4.69, 9.17) is 5.73 Å². The van der Waals surface area contributed by atoms with E-state index in [1.54, 1.807) is 0 Å². The van der Waals surface area contributed by atoms with E-state index in [0.717, 1.165) is 12.8 Å². The third-order valence-corrected chi connectivity index (χ3v) is 5.16. The molecular weight excluding hydrogens is 318 g/mol. The second-order valence-electron chi connectivity index (χ2n) is 7.09. The van der Waals surface area contributed by atoms with Crippen molar-refractivity contribution in [3.05, 3.63) is 18.0 Å². The van der Waals surface area contributed by atoms with Gasteiger partial charge in [-0.25, -0.2) is 8.78 Å². The largest absolute Gasteiger partial charge is 0.368 e. The molecule has 0 radical (unpaired) electrons. The van der Waals surface area contributed by atoms with E-state index in [1.807, 2.05) is 6.92 Å². The highest BCUT2D eigenvalue weighted by atomic mass is 19.3. The second-order valence-corrected chi connectivity index (χ2v) is 7.09. The van der Waals surface area contributed by atoms with Gasteiger partial charge in [0.1, 0.15) is 11.7 Å². The lowest BCUT2D eigenvalue weighted by Crippen LogP contribution is -2.52. The quantitative estimate of drug-likeness (QED) is 0.855. The zero-order valence-corrected chi connectivity index (χ0v) is 13.6. The van der Waals surface area contributed by atoms with Crippen LogP contribution in [0.4, 0.5) is 8.78 Å². The Morgan fingerprint density at radius 3 is 2.75 bits per heavy atom. The van der Waals surface area contributed by atoms with Gasteiger partial charge >= 0.3 is 0 Å². The van der Waals surface area contributed by atoms with Gasteiger partial charge in [-0.3, -0.25) is 14.3 Å². The van der Waals surface area contributed by atoms with Crippen molar-refractivity contribution < 1.29 is 18.4 Å². The molecule has 132 valence electrons. The highest BCUT2D eigenvalue weighted by molar-refractivity contribution is 5.96. The Morgan fingerprint density at radius 2 is 2.17 bits per heavy atom. The van der Waals surface area contributed by atoms with Crippen molar-refractivity contribution in [3.8, 4) is 0 Å². The molecule has 0 saturated heterocycles. The molecule has 1 spiro atoms. The third kappa shape index (κ3) is 3.27. The Balaban J connectivity index is 1.77. The van der Waals surface area contributed by atoms with Crippen molar-refractivity contribution in [1.82, 2.24) is 15.1 Å². The monoisotopic (exact) mass is 340 g/mol. The third-order valence-electron chi connectivity index (χ3n) is 5.16. The molecule has 1 aromatic heterocycles. The second kappa shape index (κ2) is 5.82. The van der Waals surface area contributed by atoms with E-state index in [0.29, 0.717) is 13.0 Å². The predicted molar refractivity (Wildman–Crippen MR) is 82.3 cm³/mol. The van der Waals surface area contributed by atoms with Crippen LogP contribution in [0.2, 0.25) is 0 Å². The number of carbonyl (C=O) groups excluding carboxylic acids is 2. The Kier molecular flexibility index (Phi) is 4.09. The molecule has 0 unspecified atom stereocenters. The van der Waals surface area contributed by atoms with Crippen LogP contribution in [0.25, 0.3) is 0 Å². The first-order chi connectivity index (χ1) is 11.3. The number of rotatable bonds is 5. The first-order valence-corrected chi connectivity index (χ1v) is 8.25. The van der Waals surface area contributed by atoms with Gasteiger partial charge in [-0.05, 0) is 43.6 Å². The van der Waals surface area contributed by atoms with Crippen LogP contribution in [0, 0.1) is 11.3 Å². The number of halogens is 2. The highest BCUT2D eigenvalue weighted by Crippen LogP contribution is 2.61. The Morgan fingerprint density at radius 1 is 1.46 bits per heavy atom. The van der Waals surface area contributed by atoms with Crippen LogP contribution >= 0.6 is 0 Å². The molecule has 0 bridgehead atoms. The first kappa shape index (κ1) is 16.9. The molecule has 24 heavy (non-hydrogen) atoms. The lowest BCUT2D eigenvalue weighted by atomic mass is 9.73. The fourth-order valence-corrected chi connectivity index (χ4v) is 3.91. The minimum absolute atomic E-state index is 0.126. The lowest BCUT2D eigenvalue weighted by Gasteiger charge is -2.38. The van der Waals surface area contributed by atoms with Crippen molar-refractivity contribution in [2.45, 2.75) is 57.5 Å². The van der Waals surface area contributed by atoms with E-state index in [9.17, 15) is 18.4 Å². The van der Waals surface area contributed by atoms with Gasteiger partial charge in [0.05, 0.1) is 0 Å². The smallest absolute Gasteiger partial charge is 0.270 e. The van der Waals surface area contributed by atoms with Crippen molar-refractivity contribution in [3.63, 3.8) is 0 Å². The summed E-state index contributed by atoms with van der Waals surface area (Å²) in [5, 5.41) is 6.56. The summed E-state index contributed by atoms with van der Waals surface area (Å²) in [7, 11) is 0. The number of amides is 2. The number of nitrogens with zero attached hydrogens (tertiary/aromatic N) is 2. The molecule has 2 aliphatic carbocycles.